The molecule has 2 amide bonds. The Hall–Kier alpha value is -1.59. The molecule has 1 unspecified atom stereocenters. The highest BCUT2D eigenvalue weighted by molar-refractivity contribution is 6.30. The molecule has 1 aliphatic heterocycles. The van der Waals surface area contributed by atoms with Crippen LogP contribution in [0.1, 0.15) is 62.2 Å². The van der Waals surface area contributed by atoms with E-state index in [-0.39, 0.29) is 11.8 Å². The Morgan fingerprint density at radius 2 is 1.81 bits per heavy atom. The third kappa shape index (κ3) is 8.31. The van der Waals surface area contributed by atoms with Crippen molar-refractivity contribution >= 4 is 23.4 Å². The van der Waals surface area contributed by atoms with Crippen LogP contribution < -0.4 is 10.6 Å². The van der Waals surface area contributed by atoms with Crippen molar-refractivity contribution in [3.05, 3.63) is 34.9 Å². The van der Waals surface area contributed by atoms with Crippen molar-refractivity contribution in [3.63, 3.8) is 0 Å². The summed E-state index contributed by atoms with van der Waals surface area (Å²) in [7, 11) is 0. The zero-order chi connectivity index (χ0) is 19.5. The number of hydrogen-bond acceptors (Lipinski definition) is 3. The summed E-state index contributed by atoms with van der Waals surface area (Å²) < 4.78 is 0. The van der Waals surface area contributed by atoms with Crippen LogP contribution in [-0.4, -0.2) is 48.9 Å². The molecule has 0 saturated carbocycles. The monoisotopic (exact) mass is 393 g/mol. The number of halogens is 1. The van der Waals surface area contributed by atoms with E-state index < -0.39 is 0 Å². The van der Waals surface area contributed by atoms with Gasteiger partial charge in [0, 0.05) is 36.1 Å². The zero-order valence-electron chi connectivity index (χ0n) is 16.3. The Morgan fingerprint density at radius 3 is 2.56 bits per heavy atom. The number of nitrogens with one attached hydrogen (secondary N) is 2. The van der Waals surface area contributed by atoms with E-state index in [1.54, 1.807) is 24.3 Å². The fourth-order valence-corrected chi connectivity index (χ4v) is 3.53. The fraction of sp³-hybridized carbons (Fsp3) is 0.619. The van der Waals surface area contributed by atoms with Crippen molar-refractivity contribution in [2.45, 2.75) is 57.9 Å². The number of hydrogen-bond donors (Lipinski definition) is 2. The number of rotatable bonds is 10. The molecule has 1 fully saturated rings. The van der Waals surface area contributed by atoms with Gasteiger partial charge in [-0.1, -0.05) is 18.0 Å². The lowest BCUT2D eigenvalue weighted by atomic mass is 10.0. The van der Waals surface area contributed by atoms with Gasteiger partial charge in [0.05, 0.1) is 0 Å². The van der Waals surface area contributed by atoms with E-state index in [0.29, 0.717) is 36.0 Å². The molecule has 2 rings (SSSR count). The topological polar surface area (TPSA) is 61.4 Å². The summed E-state index contributed by atoms with van der Waals surface area (Å²) in [5, 5.41) is 6.40. The molecule has 0 aromatic heterocycles. The highest BCUT2D eigenvalue weighted by Gasteiger charge is 2.17. The molecule has 27 heavy (non-hydrogen) atoms. The molecule has 0 spiro atoms. The molecule has 1 aliphatic rings. The lowest BCUT2D eigenvalue weighted by Gasteiger charge is -2.33. The molecular formula is C21H32ClN3O2. The maximum atomic E-state index is 11.9. The standard InChI is InChI=1S/C21H32ClN3O2/c1-17-7-2-4-15-25(17)16-5-3-13-23-20(26)8-6-14-24-21(27)18-9-11-19(22)12-10-18/h9-12,17H,2-8,13-16H2,1H3,(H,23,26)(H,24,27). The Labute approximate surface area is 167 Å². The van der Waals surface area contributed by atoms with Gasteiger partial charge >= 0.3 is 0 Å². The number of benzene rings is 1. The second-order valence-corrected chi connectivity index (χ2v) is 7.74. The summed E-state index contributed by atoms with van der Waals surface area (Å²) in [6, 6.07) is 7.46. The minimum absolute atomic E-state index is 0.0575. The maximum absolute atomic E-state index is 11.9. The van der Waals surface area contributed by atoms with Crippen molar-refractivity contribution in [3.8, 4) is 0 Å². The number of piperidine rings is 1. The van der Waals surface area contributed by atoms with E-state index in [4.69, 9.17) is 11.6 Å². The lowest BCUT2D eigenvalue weighted by molar-refractivity contribution is -0.121. The van der Waals surface area contributed by atoms with Gasteiger partial charge in [-0.15, -0.1) is 0 Å². The Bertz CT molecular complexity index is 592. The van der Waals surface area contributed by atoms with Crippen LogP contribution in [0.5, 0.6) is 0 Å². The number of carbonyl (C=O) groups excluding carboxylic acids is 2. The molecular weight excluding hydrogens is 362 g/mol. The van der Waals surface area contributed by atoms with Gasteiger partial charge in [0.2, 0.25) is 5.91 Å². The van der Waals surface area contributed by atoms with E-state index in [2.05, 4.69) is 22.5 Å². The van der Waals surface area contributed by atoms with Gasteiger partial charge in [-0.3, -0.25) is 9.59 Å². The first-order valence-corrected chi connectivity index (χ1v) is 10.5. The van der Waals surface area contributed by atoms with E-state index in [1.807, 2.05) is 0 Å². The molecule has 0 bridgehead atoms. The predicted octanol–water partition coefficient (Wildman–Crippen LogP) is 3.62. The minimum atomic E-state index is -0.140. The molecule has 6 heteroatoms. The van der Waals surface area contributed by atoms with Gasteiger partial charge < -0.3 is 15.5 Å². The number of nitrogens with zero attached hydrogens (tertiary/aromatic N) is 1. The van der Waals surface area contributed by atoms with E-state index in [9.17, 15) is 9.59 Å². The first-order chi connectivity index (χ1) is 13.1. The van der Waals surface area contributed by atoms with Crippen molar-refractivity contribution < 1.29 is 9.59 Å². The molecule has 5 nitrogen and oxygen atoms in total. The number of unbranched alkanes of at least 4 members (excludes halogenated alkanes) is 1. The summed E-state index contributed by atoms with van der Waals surface area (Å²) in [6.45, 7) is 5.88. The van der Waals surface area contributed by atoms with Gasteiger partial charge in [-0.05, 0) is 76.4 Å². The van der Waals surface area contributed by atoms with E-state index in [1.165, 1.54) is 25.8 Å². The van der Waals surface area contributed by atoms with Gasteiger partial charge in [0.25, 0.3) is 5.91 Å². The molecule has 1 atom stereocenters. The van der Waals surface area contributed by atoms with Crippen molar-refractivity contribution in [1.82, 2.24) is 15.5 Å². The SMILES string of the molecule is CC1CCCCN1CCCCNC(=O)CCCNC(=O)c1ccc(Cl)cc1. The van der Waals surface area contributed by atoms with Crippen molar-refractivity contribution in [2.75, 3.05) is 26.2 Å². The Morgan fingerprint density at radius 1 is 1.07 bits per heavy atom. The summed E-state index contributed by atoms with van der Waals surface area (Å²) >= 11 is 5.81. The first kappa shape index (κ1) is 21.7. The van der Waals surface area contributed by atoms with E-state index in [0.717, 1.165) is 25.9 Å². The second-order valence-electron chi connectivity index (χ2n) is 7.30. The Kier molecular flexibility index (Phi) is 9.64. The average Bonchev–Trinajstić information content (AvgIpc) is 2.66. The van der Waals surface area contributed by atoms with Crippen LogP contribution in [0.2, 0.25) is 5.02 Å². The molecule has 1 aromatic rings. The summed E-state index contributed by atoms with van der Waals surface area (Å²) in [5.74, 6) is -0.0823. The maximum Gasteiger partial charge on any atom is 0.251 e. The second kappa shape index (κ2) is 12.0. The molecule has 2 N–H and O–H groups in total. The van der Waals surface area contributed by atoms with Crippen molar-refractivity contribution in [2.24, 2.45) is 0 Å². The molecule has 1 heterocycles. The van der Waals surface area contributed by atoms with Crippen LogP contribution in [-0.2, 0) is 4.79 Å². The highest BCUT2D eigenvalue weighted by Crippen LogP contribution is 2.16. The van der Waals surface area contributed by atoms with Crippen LogP contribution in [0.15, 0.2) is 24.3 Å². The summed E-state index contributed by atoms with van der Waals surface area (Å²) in [6.07, 6.45) is 7.19. The molecule has 150 valence electrons. The number of likely N-dealkylation sites (tertiary alicyclic amines) is 1. The molecule has 1 saturated heterocycles. The van der Waals surface area contributed by atoms with Gasteiger partial charge in [0.15, 0.2) is 0 Å². The Balaban J connectivity index is 1.47. The summed E-state index contributed by atoms with van der Waals surface area (Å²) in [4.78, 5) is 26.4. The highest BCUT2D eigenvalue weighted by atomic mass is 35.5. The van der Waals surface area contributed by atoms with Crippen LogP contribution in [0.3, 0.4) is 0 Å². The van der Waals surface area contributed by atoms with Crippen LogP contribution in [0.25, 0.3) is 0 Å². The smallest absolute Gasteiger partial charge is 0.251 e. The lowest BCUT2D eigenvalue weighted by Crippen LogP contribution is -2.38. The predicted molar refractivity (Wildman–Crippen MR) is 110 cm³/mol. The van der Waals surface area contributed by atoms with Crippen LogP contribution in [0.4, 0.5) is 0 Å². The molecule has 0 aliphatic carbocycles. The average molecular weight is 394 g/mol. The quantitative estimate of drug-likeness (QED) is 0.597. The van der Waals surface area contributed by atoms with Crippen LogP contribution in [0, 0.1) is 0 Å². The third-order valence-corrected chi connectivity index (χ3v) is 5.36. The zero-order valence-corrected chi connectivity index (χ0v) is 17.1. The third-order valence-electron chi connectivity index (χ3n) is 5.11. The largest absolute Gasteiger partial charge is 0.356 e. The van der Waals surface area contributed by atoms with Crippen LogP contribution >= 0.6 is 11.6 Å². The first-order valence-electron chi connectivity index (χ1n) is 10.1. The fourth-order valence-electron chi connectivity index (χ4n) is 3.40. The number of amides is 2. The van der Waals surface area contributed by atoms with Gasteiger partial charge in [-0.25, -0.2) is 0 Å². The number of carbonyl (C=O) groups is 2. The molecule has 1 aromatic carbocycles. The van der Waals surface area contributed by atoms with E-state index >= 15 is 0 Å². The minimum Gasteiger partial charge on any atom is -0.356 e. The van der Waals surface area contributed by atoms with Crippen molar-refractivity contribution in [1.29, 1.82) is 0 Å². The summed E-state index contributed by atoms with van der Waals surface area (Å²) in [5.41, 5.74) is 0.576. The normalized spacial score (nSPS) is 17.5. The van der Waals surface area contributed by atoms with Gasteiger partial charge in [-0.2, -0.15) is 0 Å². The molecule has 0 radical (unpaired) electrons. The van der Waals surface area contributed by atoms with Gasteiger partial charge in [0.1, 0.15) is 0 Å².